The van der Waals surface area contributed by atoms with Crippen molar-refractivity contribution in [2.75, 3.05) is 24.8 Å². The van der Waals surface area contributed by atoms with Gasteiger partial charge in [-0.1, -0.05) is 11.6 Å². The van der Waals surface area contributed by atoms with Crippen LogP contribution in [0.1, 0.15) is 5.56 Å². The van der Waals surface area contributed by atoms with E-state index in [0.717, 1.165) is 17.1 Å². The van der Waals surface area contributed by atoms with E-state index in [4.69, 9.17) is 22.1 Å². The second-order valence-electron chi connectivity index (χ2n) is 4.11. The molecule has 6 heteroatoms. The summed E-state index contributed by atoms with van der Waals surface area (Å²) in [5, 5.41) is 0.568. The van der Waals surface area contributed by atoms with Gasteiger partial charge in [0.2, 0.25) is 5.95 Å². The zero-order valence-corrected chi connectivity index (χ0v) is 11.8. The monoisotopic (exact) mass is 278 g/mol. The largest absolute Gasteiger partial charge is 0.495 e. The maximum absolute atomic E-state index is 6.01. The van der Waals surface area contributed by atoms with E-state index < -0.39 is 0 Å². The maximum atomic E-state index is 6.01. The van der Waals surface area contributed by atoms with Gasteiger partial charge in [-0.3, -0.25) is 0 Å². The van der Waals surface area contributed by atoms with E-state index in [2.05, 4.69) is 9.97 Å². The van der Waals surface area contributed by atoms with E-state index in [1.54, 1.807) is 19.4 Å². The molecule has 1 aromatic heterocycles. The molecule has 1 heterocycles. The zero-order valence-electron chi connectivity index (χ0n) is 11.0. The Balaban J connectivity index is 2.43. The van der Waals surface area contributed by atoms with Crippen LogP contribution < -0.4 is 15.4 Å². The molecule has 0 saturated carbocycles. The Bertz CT molecular complexity index is 603. The molecule has 2 rings (SSSR count). The van der Waals surface area contributed by atoms with Crippen LogP contribution in [-0.2, 0) is 0 Å². The lowest BCUT2D eigenvalue weighted by Gasteiger charge is -2.21. The van der Waals surface area contributed by atoms with Gasteiger partial charge < -0.3 is 15.4 Å². The van der Waals surface area contributed by atoms with E-state index in [-0.39, 0.29) is 5.95 Å². The van der Waals surface area contributed by atoms with Gasteiger partial charge in [0.05, 0.1) is 12.1 Å². The smallest absolute Gasteiger partial charge is 0.221 e. The van der Waals surface area contributed by atoms with Gasteiger partial charge in [-0.15, -0.1) is 0 Å². The molecule has 0 atom stereocenters. The van der Waals surface area contributed by atoms with E-state index in [1.165, 1.54) is 0 Å². The van der Waals surface area contributed by atoms with Gasteiger partial charge in [0, 0.05) is 30.6 Å². The summed E-state index contributed by atoms with van der Waals surface area (Å²) in [6, 6.07) is 5.52. The Morgan fingerprint density at radius 3 is 2.79 bits per heavy atom. The number of halogens is 1. The highest BCUT2D eigenvalue weighted by molar-refractivity contribution is 6.32. The topological polar surface area (TPSA) is 64.3 Å². The van der Waals surface area contributed by atoms with Crippen LogP contribution in [0.5, 0.6) is 5.75 Å². The average Bonchev–Trinajstić information content (AvgIpc) is 2.41. The van der Waals surface area contributed by atoms with Gasteiger partial charge in [-0.2, -0.15) is 4.98 Å². The molecule has 0 aliphatic rings. The summed E-state index contributed by atoms with van der Waals surface area (Å²) in [4.78, 5) is 10.1. The third-order valence-electron chi connectivity index (χ3n) is 2.80. The average molecular weight is 279 g/mol. The fraction of sp³-hybridized carbons (Fsp3) is 0.231. The Morgan fingerprint density at radius 1 is 1.37 bits per heavy atom. The second-order valence-corrected chi connectivity index (χ2v) is 4.52. The van der Waals surface area contributed by atoms with E-state index in [9.17, 15) is 0 Å². The summed E-state index contributed by atoms with van der Waals surface area (Å²) >= 11 is 6.01. The lowest BCUT2D eigenvalue weighted by Crippen LogP contribution is -2.14. The number of rotatable bonds is 3. The molecule has 0 spiro atoms. The molecule has 19 heavy (non-hydrogen) atoms. The summed E-state index contributed by atoms with van der Waals surface area (Å²) in [6.45, 7) is 1.93. The number of nitrogens with zero attached hydrogens (tertiary/aromatic N) is 3. The minimum absolute atomic E-state index is 0.244. The number of methoxy groups -OCH3 is 1. The van der Waals surface area contributed by atoms with Gasteiger partial charge in [0.1, 0.15) is 11.6 Å². The van der Waals surface area contributed by atoms with E-state index in [0.29, 0.717) is 10.8 Å². The summed E-state index contributed by atoms with van der Waals surface area (Å²) in [5.74, 6) is 1.61. The second kappa shape index (κ2) is 5.32. The van der Waals surface area contributed by atoms with Crippen LogP contribution in [0, 0.1) is 6.92 Å². The van der Waals surface area contributed by atoms with Crippen molar-refractivity contribution in [2.24, 2.45) is 0 Å². The number of aromatic nitrogens is 2. The van der Waals surface area contributed by atoms with Gasteiger partial charge in [0.15, 0.2) is 0 Å². The molecule has 0 saturated heterocycles. The Morgan fingerprint density at radius 2 is 2.11 bits per heavy atom. The van der Waals surface area contributed by atoms with Gasteiger partial charge in [-0.25, -0.2) is 4.98 Å². The van der Waals surface area contributed by atoms with Crippen molar-refractivity contribution in [3.8, 4) is 5.75 Å². The van der Waals surface area contributed by atoms with Crippen molar-refractivity contribution >= 4 is 29.1 Å². The molecular weight excluding hydrogens is 264 g/mol. The molecule has 0 amide bonds. The number of aryl methyl sites for hydroxylation is 1. The van der Waals surface area contributed by atoms with Gasteiger partial charge in [-0.05, 0) is 19.1 Å². The molecule has 1 aromatic carbocycles. The summed E-state index contributed by atoms with van der Waals surface area (Å²) < 4.78 is 5.21. The number of anilines is 3. The standard InChI is InChI=1S/C13H15ClN4O/c1-8-7-16-13(15)17-12(8)18(2)9-4-5-10(14)11(6-9)19-3/h4-7H,1-3H3,(H2,15,16,17). The normalized spacial score (nSPS) is 10.3. The Hall–Kier alpha value is -2.01. The lowest BCUT2D eigenvalue weighted by molar-refractivity contribution is 0.415. The van der Waals surface area contributed by atoms with Crippen LogP contribution in [0.3, 0.4) is 0 Å². The third-order valence-corrected chi connectivity index (χ3v) is 3.12. The third kappa shape index (κ3) is 2.71. The molecule has 0 unspecified atom stereocenters. The molecule has 100 valence electrons. The Kier molecular flexibility index (Phi) is 3.76. The first-order valence-corrected chi connectivity index (χ1v) is 6.07. The summed E-state index contributed by atoms with van der Waals surface area (Å²) in [6.07, 6.45) is 1.70. The first-order chi connectivity index (χ1) is 9.02. The van der Waals surface area contributed by atoms with E-state index in [1.807, 2.05) is 31.0 Å². The van der Waals surface area contributed by atoms with Crippen molar-refractivity contribution in [3.63, 3.8) is 0 Å². The van der Waals surface area contributed by atoms with Crippen molar-refractivity contribution in [1.29, 1.82) is 0 Å². The maximum Gasteiger partial charge on any atom is 0.221 e. The van der Waals surface area contributed by atoms with Crippen LogP contribution in [-0.4, -0.2) is 24.1 Å². The molecule has 0 bridgehead atoms. The van der Waals surface area contributed by atoms with Crippen LogP contribution >= 0.6 is 11.6 Å². The fourth-order valence-electron chi connectivity index (χ4n) is 1.77. The minimum Gasteiger partial charge on any atom is -0.495 e. The summed E-state index contributed by atoms with van der Waals surface area (Å²) in [5.41, 5.74) is 7.47. The molecular formula is C13H15ClN4O. The number of nitrogens with two attached hydrogens (primary N) is 1. The number of hydrogen-bond donors (Lipinski definition) is 1. The minimum atomic E-state index is 0.244. The molecule has 2 N–H and O–H groups in total. The lowest BCUT2D eigenvalue weighted by atomic mass is 10.2. The highest BCUT2D eigenvalue weighted by Crippen LogP contribution is 2.32. The number of ether oxygens (including phenoxy) is 1. The van der Waals surface area contributed by atoms with Crippen molar-refractivity contribution < 1.29 is 4.74 Å². The molecule has 0 fully saturated rings. The van der Waals surface area contributed by atoms with Crippen molar-refractivity contribution in [2.45, 2.75) is 6.92 Å². The summed E-state index contributed by atoms with van der Waals surface area (Å²) in [7, 11) is 3.48. The van der Waals surface area contributed by atoms with Gasteiger partial charge in [0.25, 0.3) is 0 Å². The van der Waals surface area contributed by atoms with Crippen LogP contribution in [0.4, 0.5) is 17.5 Å². The number of nitrogen functional groups attached to an aromatic ring is 1. The van der Waals surface area contributed by atoms with Gasteiger partial charge >= 0.3 is 0 Å². The number of benzene rings is 1. The van der Waals surface area contributed by atoms with Crippen molar-refractivity contribution in [1.82, 2.24) is 9.97 Å². The van der Waals surface area contributed by atoms with Crippen LogP contribution in [0.2, 0.25) is 5.02 Å². The molecule has 5 nitrogen and oxygen atoms in total. The predicted octanol–water partition coefficient (Wildman–Crippen LogP) is 2.80. The molecule has 0 radical (unpaired) electrons. The highest BCUT2D eigenvalue weighted by atomic mass is 35.5. The van der Waals surface area contributed by atoms with Crippen LogP contribution in [0.15, 0.2) is 24.4 Å². The molecule has 2 aromatic rings. The molecule has 0 aliphatic carbocycles. The zero-order chi connectivity index (χ0) is 14.0. The number of hydrogen-bond acceptors (Lipinski definition) is 5. The first kappa shape index (κ1) is 13.4. The SMILES string of the molecule is COc1cc(N(C)c2nc(N)ncc2C)ccc1Cl. The Labute approximate surface area is 117 Å². The van der Waals surface area contributed by atoms with Crippen molar-refractivity contribution in [3.05, 3.63) is 35.0 Å². The predicted molar refractivity (Wildman–Crippen MR) is 77.2 cm³/mol. The fourth-order valence-corrected chi connectivity index (χ4v) is 1.96. The van der Waals surface area contributed by atoms with Crippen LogP contribution in [0.25, 0.3) is 0 Å². The quantitative estimate of drug-likeness (QED) is 0.935. The highest BCUT2D eigenvalue weighted by Gasteiger charge is 2.12. The molecule has 0 aliphatic heterocycles. The van der Waals surface area contributed by atoms with E-state index >= 15 is 0 Å². The first-order valence-electron chi connectivity index (χ1n) is 5.69.